The number of fused-ring (bicyclic) bond motifs is 3. The minimum atomic E-state index is -1.45. The number of aliphatic hydroxyl groups is 3. The molecular weight excluding hydrogens is 388 g/mol. The summed E-state index contributed by atoms with van der Waals surface area (Å²) in [7, 11) is 0. The Kier molecular flexibility index (Phi) is 4.55. The van der Waals surface area contributed by atoms with E-state index in [2.05, 4.69) is 31.2 Å². The number of hydrogen-bond acceptors (Lipinski definition) is 6. The zero-order chi connectivity index (χ0) is 20.3. The van der Waals surface area contributed by atoms with E-state index in [4.69, 9.17) is 9.47 Å². The lowest BCUT2D eigenvalue weighted by Gasteiger charge is -2.45. The van der Waals surface area contributed by atoms with E-state index < -0.39 is 30.2 Å². The summed E-state index contributed by atoms with van der Waals surface area (Å²) in [5, 5.41) is 32.4. The molecule has 0 radical (unpaired) electrons. The predicted molar refractivity (Wildman–Crippen MR) is 111 cm³/mol. The van der Waals surface area contributed by atoms with Crippen LogP contribution in [0.1, 0.15) is 34.1 Å². The van der Waals surface area contributed by atoms with Crippen LogP contribution in [-0.4, -0.2) is 39.7 Å². The summed E-state index contributed by atoms with van der Waals surface area (Å²) >= 11 is 1.78. The van der Waals surface area contributed by atoms with Crippen LogP contribution in [0.5, 0.6) is 0 Å². The Labute approximate surface area is 173 Å². The Morgan fingerprint density at radius 3 is 2.69 bits per heavy atom. The van der Waals surface area contributed by atoms with Crippen LogP contribution >= 0.6 is 11.3 Å². The lowest BCUT2D eigenvalue weighted by Crippen LogP contribution is -2.62. The molecule has 0 amide bonds. The third-order valence-corrected chi connectivity index (χ3v) is 7.24. The summed E-state index contributed by atoms with van der Waals surface area (Å²) < 4.78 is 13.2. The molecule has 2 aromatic carbocycles. The van der Waals surface area contributed by atoms with Gasteiger partial charge in [0.1, 0.15) is 18.3 Å². The van der Waals surface area contributed by atoms with Crippen molar-refractivity contribution in [3.8, 4) is 0 Å². The number of thiophene rings is 1. The normalized spacial score (nSPS) is 31.5. The van der Waals surface area contributed by atoms with Crippen LogP contribution in [0.4, 0.5) is 0 Å². The quantitative estimate of drug-likeness (QED) is 0.603. The average Bonchev–Trinajstić information content (AvgIpc) is 3.27. The molecule has 5 rings (SSSR count). The van der Waals surface area contributed by atoms with Gasteiger partial charge < -0.3 is 24.8 Å². The SMILES string of the molecule is Cc1cc2c(cc1Cc1cc3ccccc3s1)[C@]1(OC2)O[C@H](C)[C@@H](O)[C@H](O)[C@H]1O. The van der Waals surface area contributed by atoms with Crippen LogP contribution in [0, 0.1) is 6.92 Å². The summed E-state index contributed by atoms with van der Waals surface area (Å²) in [5.74, 6) is -1.45. The van der Waals surface area contributed by atoms with Crippen LogP contribution in [0.15, 0.2) is 42.5 Å². The van der Waals surface area contributed by atoms with Gasteiger partial charge in [0, 0.05) is 21.6 Å². The minimum absolute atomic E-state index is 0.298. The van der Waals surface area contributed by atoms with E-state index in [-0.39, 0.29) is 0 Å². The highest BCUT2D eigenvalue weighted by molar-refractivity contribution is 7.19. The summed E-state index contributed by atoms with van der Waals surface area (Å²) in [4.78, 5) is 1.26. The maximum atomic E-state index is 10.8. The van der Waals surface area contributed by atoms with Gasteiger partial charge in [0.25, 0.3) is 0 Å². The van der Waals surface area contributed by atoms with Gasteiger partial charge in [-0.3, -0.25) is 0 Å². The Morgan fingerprint density at radius 1 is 1.10 bits per heavy atom. The second kappa shape index (κ2) is 6.87. The summed E-state index contributed by atoms with van der Waals surface area (Å²) in [6.45, 7) is 4.05. The minimum Gasteiger partial charge on any atom is -0.388 e. The van der Waals surface area contributed by atoms with Crippen molar-refractivity contribution in [2.24, 2.45) is 0 Å². The van der Waals surface area contributed by atoms with E-state index in [1.165, 1.54) is 15.0 Å². The molecular formula is C23H24O5S. The van der Waals surface area contributed by atoms with Crippen molar-refractivity contribution >= 4 is 21.4 Å². The maximum absolute atomic E-state index is 10.8. The fourth-order valence-electron chi connectivity index (χ4n) is 4.47. The van der Waals surface area contributed by atoms with E-state index in [0.29, 0.717) is 6.61 Å². The highest BCUT2D eigenvalue weighted by atomic mass is 32.1. The fourth-order valence-corrected chi connectivity index (χ4v) is 5.56. The van der Waals surface area contributed by atoms with Crippen LogP contribution in [-0.2, 0) is 28.3 Å². The molecule has 152 valence electrons. The number of hydrogen-bond donors (Lipinski definition) is 3. The van der Waals surface area contributed by atoms with Gasteiger partial charge in [-0.1, -0.05) is 24.3 Å². The van der Waals surface area contributed by atoms with E-state index >= 15 is 0 Å². The molecule has 1 saturated heterocycles. The number of ether oxygens (including phenoxy) is 2. The molecule has 6 heteroatoms. The van der Waals surface area contributed by atoms with Gasteiger partial charge in [0.2, 0.25) is 5.79 Å². The van der Waals surface area contributed by atoms with Crippen molar-refractivity contribution < 1.29 is 24.8 Å². The molecule has 3 N–H and O–H groups in total. The zero-order valence-electron chi connectivity index (χ0n) is 16.3. The fraction of sp³-hybridized carbons (Fsp3) is 0.391. The zero-order valence-corrected chi connectivity index (χ0v) is 17.1. The van der Waals surface area contributed by atoms with Crippen molar-refractivity contribution in [3.63, 3.8) is 0 Å². The molecule has 1 aromatic heterocycles. The third kappa shape index (κ3) is 2.94. The van der Waals surface area contributed by atoms with Gasteiger partial charge in [-0.15, -0.1) is 11.3 Å². The second-order valence-electron chi connectivity index (χ2n) is 8.07. The van der Waals surface area contributed by atoms with Crippen molar-refractivity contribution in [1.82, 2.24) is 0 Å². The van der Waals surface area contributed by atoms with Crippen molar-refractivity contribution in [3.05, 3.63) is 69.6 Å². The molecule has 0 bridgehead atoms. The van der Waals surface area contributed by atoms with Gasteiger partial charge in [0.05, 0.1) is 12.7 Å². The van der Waals surface area contributed by atoms with Crippen LogP contribution in [0.2, 0.25) is 0 Å². The Bertz CT molecular complexity index is 1040. The van der Waals surface area contributed by atoms with Crippen molar-refractivity contribution in [2.75, 3.05) is 0 Å². The maximum Gasteiger partial charge on any atom is 0.225 e. The summed E-state index contributed by atoms with van der Waals surface area (Å²) in [6, 6.07) is 14.7. The topological polar surface area (TPSA) is 79.2 Å². The second-order valence-corrected chi connectivity index (χ2v) is 9.24. The van der Waals surface area contributed by atoms with Gasteiger partial charge in [-0.2, -0.15) is 0 Å². The predicted octanol–water partition coefficient (Wildman–Crippen LogP) is 2.98. The van der Waals surface area contributed by atoms with E-state index in [1.54, 1.807) is 18.3 Å². The van der Waals surface area contributed by atoms with Gasteiger partial charge in [-0.25, -0.2) is 0 Å². The molecule has 5 atom stereocenters. The van der Waals surface area contributed by atoms with Gasteiger partial charge in [0.15, 0.2) is 0 Å². The van der Waals surface area contributed by atoms with E-state index in [1.807, 2.05) is 18.2 Å². The van der Waals surface area contributed by atoms with Crippen LogP contribution in [0.3, 0.4) is 0 Å². The average molecular weight is 413 g/mol. The number of rotatable bonds is 2. The van der Waals surface area contributed by atoms with Crippen LogP contribution in [0.25, 0.3) is 10.1 Å². The number of aliphatic hydroxyl groups excluding tert-OH is 3. The molecule has 2 aliphatic heterocycles. The highest BCUT2D eigenvalue weighted by Crippen LogP contribution is 2.46. The van der Waals surface area contributed by atoms with Crippen LogP contribution < -0.4 is 0 Å². The molecule has 0 saturated carbocycles. The standard InChI is InChI=1S/C23H24O5S/c1-12-7-16-11-27-23(22(26)21(25)20(24)13(2)28-23)18(16)10-15(12)9-17-8-14-5-3-4-6-19(14)29-17/h3-8,10,13,20-22,24-26H,9,11H2,1-2H3/t13-,20-,21+,22-,23+/m1/s1. The Hall–Kier alpha value is -1.80. The lowest BCUT2D eigenvalue weighted by atomic mass is 9.86. The Balaban J connectivity index is 1.54. The first kappa shape index (κ1) is 19.2. The number of benzene rings is 2. The smallest absolute Gasteiger partial charge is 0.225 e. The van der Waals surface area contributed by atoms with Crippen molar-refractivity contribution in [2.45, 2.75) is 57.1 Å². The lowest BCUT2D eigenvalue weighted by molar-refractivity contribution is -0.362. The van der Waals surface area contributed by atoms with Crippen molar-refractivity contribution in [1.29, 1.82) is 0 Å². The molecule has 3 aromatic rings. The molecule has 1 fully saturated rings. The third-order valence-electron chi connectivity index (χ3n) is 6.13. The first-order valence-corrected chi connectivity index (χ1v) is 10.7. The van der Waals surface area contributed by atoms with E-state index in [0.717, 1.165) is 28.7 Å². The molecule has 5 nitrogen and oxygen atoms in total. The first-order chi connectivity index (χ1) is 13.9. The largest absolute Gasteiger partial charge is 0.388 e. The molecule has 29 heavy (non-hydrogen) atoms. The first-order valence-electron chi connectivity index (χ1n) is 9.85. The monoisotopic (exact) mass is 412 g/mol. The molecule has 2 aliphatic rings. The van der Waals surface area contributed by atoms with Gasteiger partial charge in [-0.05, 0) is 54.1 Å². The Morgan fingerprint density at radius 2 is 1.90 bits per heavy atom. The summed E-state index contributed by atoms with van der Waals surface area (Å²) in [5.41, 5.74) is 3.96. The molecule has 0 aliphatic carbocycles. The van der Waals surface area contributed by atoms with Gasteiger partial charge >= 0.3 is 0 Å². The highest BCUT2D eigenvalue weighted by Gasteiger charge is 2.57. The molecule has 0 unspecified atom stereocenters. The summed E-state index contributed by atoms with van der Waals surface area (Å²) in [6.07, 6.45) is -3.75. The number of aryl methyl sites for hydroxylation is 1. The van der Waals surface area contributed by atoms with E-state index in [9.17, 15) is 15.3 Å². The molecule has 1 spiro atoms. The molecule has 3 heterocycles.